The molecule has 0 amide bonds. The van der Waals surface area contributed by atoms with E-state index in [9.17, 15) is 0 Å². The van der Waals surface area contributed by atoms with Crippen LogP contribution in [0.25, 0.3) is 0 Å². The van der Waals surface area contributed by atoms with E-state index in [0.717, 1.165) is 19.3 Å². The molecule has 1 rings (SSSR count). The first-order valence-corrected chi connectivity index (χ1v) is 6.29. The van der Waals surface area contributed by atoms with Crippen LogP contribution < -0.4 is 17.7 Å². The molecule has 0 saturated heterocycles. The van der Waals surface area contributed by atoms with Crippen LogP contribution in [0, 0.1) is 0 Å². The molecular weight excluding hydrogens is 230 g/mol. The number of quaternary nitrogens is 1. The van der Waals surface area contributed by atoms with E-state index in [2.05, 4.69) is 56.9 Å². The molecule has 0 radical (unpaired) electrons. The van der Waals surface area contributed by atoms with Gasteiger partial charge in [-0.15, -0.1) is 0 Å². The van der Waals surface area contributed by atoms with E-state index >= 15 is 0 Å². The Labute approximate surface area is 112 Å². The van der Waals surface area contributed by atoms with Gasteiger partial charge in [-0.1, -0.05) is 45.0 Å². The van der Waals surface area contributed by atoms with E-state index in [1.807, 2.05) is 6.20 Å². The normalized spacial score (nSPS) is 10.8. The van der Waals surface area contributed by atoms with Gasteiger partial charge in [-0.3, -0.25) is 0 Å². The maximum absolute atomic E-state index is 3.87. The maximum Gasteiger partial charge on any atom is 0.125 e. The van der Waals surface area contributed by atoms with Crippen LogP contribution in [0.15, 0.2) is 37.0 Å². The molecule has 1 aromatic rings. The van der Waals surface area contributed by atoms with Gasteiger partial charge in [-0.25, -0.2) is 0 Å². The van der Waals surface area contributed by atoms with E-state index in [0.29, 0.717) is 0 Å². The van der Waals surface area contributed by atoms with Gasteiger partial charge in [0.05, 0.1) is 6.20 Å². The Morgan fingerprint density at radius 3 is 2.24 bits per heavy atom. The largest absolute Gasteiger partial charge is 1.00 e. The molecule has 0 saturated carbocycles. The molecule has 0 unspecified atom stereocenters. The summed E-state index contributed by atoms with van der Waals surface area (Å²) in [4.78, 5) is 0. The van der Waals surface area contributed by atoms with Crippen molar-refractivity contribution >= 4 is 0 Å². The Bertz CT molecular complexity index is 343. The van der Waals surface area contributed by atoms with E-state index in [1.54, 1.807) is 0 Å². The van der Waals surface area contributed by atoms with Gasteiger partial charge in [0.2, 0.25) is 0 Å². The fraction of sp³-hybridized carbons (Fsp3) is 0.467. The van der Waals surface area contributed by atoms with Crippen molar-refractivity contribution in [3.05, 3.63) is 48.2 Å². The predicted molar refractivity (Wildman–Crippen MR) is 70.2 cm³/mol. The van der Waals surface area contributed by atoms with Gasteiger partial charge in [0.25, 0.3) is 0 Å². The van der Waals surface area contributed by atoms with Crippen LogP contribution in [0.3, 0.4) is 0 Å². The fourth-order valence-corrected chi connectivity index (χ4v) is 2.50. The lowest BCUT2D eigenvalue weighted by atomic mass is 9.81. The molecule has 1 nitrogen and oxygen atoms in total. The summed E-state index contributed by atoms with van der Waals surface area (Å²) < 4.78 is 0. The first-order chi connectivity index (χ1) is 7.74. The molecule has 0 bridgehead atoms. The molecule has 1 aromatic carbocycles. The van der Waals surface area contributed by atoms with E-state index in [1.165, 1.54) is 11.1 Å². The predicted octanol–water partition coefficient (Wildman–Crippen LogP) is -0.0248. The summed E-state index contributed by atoms with van der Waals surface area (Å²) in [6, 6.07) is 8.79. The Kier molecular flexibility index (Phi) is 7.17. The first-order valence-electron chi connectivity index (χ1n) is 6.29. The quantitative estimate of drug-likeness (QED) is 0.734. The fourth-order valence-electron chi connectivity index (χ4n) is 2.50. The molecule has 2 N–H and O–H groups in total. The molecule has 17 heavy (non-hydrogen) atoms. The lowest BCUT2D eigenvalue weighted by Gasteiger charge is -2.30. The van der Waals surface area contributed by atoms with Crippen molar-refractivity contribution in [2.75, 3.05) is 0 Å². The third kappa shape index (κ3) is 3.34. The smallest absolute Gasteiger partial charge is 0.125 e. The Hall–Kier alpha value is -0.790. The zero-order valence-corrected chi connectivity index (χ0v) is 11.9. The highest BCUT2D eigenvalue weighted by Gasteiger charge is 2.32. The lowest BCUT2D eigenvalue weighted by Crippen LogP contribution is -3.00. The molecule has 0 aliphatic heterocycles. The van der Waals surface area contributed by atoms with Crippen molar-refractivity contribution in [1.29, 1.82) is 0 Å². The summed E-state index contributed by atoms with van der Waals surface area (Å²) in [6.07, 6.45) is 5.31. The topological polar surface area (TPSA) is 16.6 Å². The van der Waals surface area contributed by atoms with Crippen LogP contribution in [0.1, 0.15) is 44.7 Å². The van der Waals surface area contributed by atoms with Crippen LogP contribution in [-0.2, 0) is 12.0 Å². The van der Waals surface area contributed by atoms with Gasteiger partial charge in [0.1, 0.15) is 5.54 Å². The molecule has 0 aliphatic rings. The van der Waals surface area contributed by atoms with Gasteiger partial charge in [-0.05, 0) is 18.6 Å². The lowest BCUT2D eigenvalue weighted by molar-refractivity contribution is -0.680. The average molecular weight is 254 g/mol. The van der Waals surface area contributed by atoms with Crippen LogP contribution in [-0.4, -0.2) is 0 Å². The summed E-state index contributed by atoms with van der Waals surface area (Å²) in [6.45, 7) is 10.6. The van der Waals surface area contributed by atoms with E-state index in [-0.39, 0.29) is 17.9 Å². The van der Waals surface area contributed by atoms with Gasteiger partial charge < -0.3 is 17.7 Å². The molecule has 0 heterocycles. The monoisotopic (exact) mass is 253 g/mol. The molecule has 96 valence electrons. The molecule has 0 spiro atoms. The van der Waals surface area contributed by atoms with E-state index < -0.39 is 0 Å². The Morgan fingerprint density at radius 1 is 1.18 bits per heavy atom. The van der Waals surface area contributed by atoms with Crippen LogP contribution in [0.4, 0.5) is 0 Å². The third-order valence-electron chi connectivity index (χ3n) is 3.63. The number of aryl methyl sites for hydroxylation is 1. The van der Waals surface area contributed by atoms with Gasteiger partial charge >= 0.3 is 0 Å². The average Bonchev–Trinajstić information content (AvgIpc) is 2.36. The Balaban J connectivity index is 0.00000256. The second kappa shape index (κ2) is 7.52. The number of benzene rings is 1. The first kappa shape index (κ1) is 16.2. The minimum Gasteiger partial charge on any atom is -1.00 e. The zero-order chi connectivity index (χ0) is 12.0. The highest BCUT2D eigenvalue weighted by Crippen LogP contribution is 2.27. The summed E-state index contributed by atoms with van der Waals surface area (Å²) in [7, 11) is 0. The third-order valence-corrected chi connectivity index (χ3v) is 3.63. The van der Waals surface area contributed by atoms with Crippen LogP contribution in [0.2, 0.25) is 0 Å². The molecule has 2 heteroatoms. The van der Waals surface area contributed by atoms with Crippen LogP contribution >= 0.6 is 0 Å². The summed E-state index contributed by atoms with van der Waals surface area (Å²) in [5.74, 6) is 0. The summed E-state index contributed by atoms with van der Waals surface area (Å²) >= 11 is 0. The van der Waals surface area contributed by atoms with Crippen molar-refractivity contribution in [1.82, 2.24) is 0 Å². The van der Waals surface area contributed by atoms with Gasteiger partial charge in [0, 0.05) is 18.4 Å². The Morgan fingerprint density at radius 2 is 1.76 bits per heavy atom. The summed E-state index contributed by atoms with van der Waals surface area (Å²) in [5, 5.41) is 2.27. The van der Waals surface area contributed by atoms with Crippen molar-refractivity contribution in [3.8, 4) is 0 Å². The van der Waals surface area contributed by atoms with E-state index in [4.69, 9.17) is 0 Å². The number of hydrogen-bond acceptors (Lipinski definition) is 0. The SMILES string of the molecule is C=C[NH2+]C(CC)(CC)c1ccccc1CC.[Cl-]. The van der Waals surface area contributed by atoms with Crippen molar-refractivity contribution in [2.45, 2.75) is 45.6 Å². The van der Waals surface area contributed by atoms with Crippen molar-refractivity contribution < 1.29 is 17.7 Å². The minimum absolute atomic E-state index is 0. The molecule has 0 atom stereocenters. The number of hydrogen-bond donors (Lipinski definition) is 1. The minimum atomic E-state index is 0. The maximum atomic E-state index is 3.87. The molecule has 0 aromatic heterocycles. The van der Waals surface area contributed by atoms with Gasteiger partial charge in [-0.2, -0.15) is 0 Å². The summed E-state index contributed by atoms with van der Waals surface area (Å²) in [5.41, 5.74) is 3.11. The number of rotatable bonds is 6. The van der Waals surface area contributed by atoms with Crippen LogP contribution in [0.5, 0.6) is 0 Å². The number of halogens is 1. The molecule has 0 aliphatic carbocycles. The number of nitrogens with two attached hydrogens (primary N) is 1. The second-order valence-electron chi connectivity index (χ2n) is 4.28. The van der Waals surface area contributed by atoms with Crippen molar-refractivity contribution in [3.63, 3.8) is 0 Å². The van der Waals surface area contributed by atoms with Gasteiger partial charge in [0.15, 0.2) is 0 Å². The van der Waals surface area contributed by atoms with Crippen molar-refractivity contribution in [2.24, 2.45) is 0 Å². The molecular formula is C15H24ClN. The highest BCUT2D eigenvalue weighted by molar-refractivity contribution is 5.32. The highest BCUT2D eigenvalue weighted by atomic mass is 35.5. The molecule has 0 fully saturated rings. The second-order valence-corrected chi connectivity index (χ2v) is 4.28. The standard InChI is InChI=1S/C15H23N.ClH/c1-5-13-11-9-10-12-14(13)15(6-2,7-3)16-8-4;/h8-12,16H,4-7H2,1-3H3;1H. The zero-order valence-electron chi connectivity index (χ0n) is 11.2.